The minimum Gasteiger partial charge on any atom is -0.454 e. The number of hydrazone groups is 1. The second-order valence-corrected chi connectivity index (χ2v) is 7.60. The molecule has 32 heavy (non-hydrogen) atoms. The van der Waals surface area contributed by atoms with Gasteiger partial charge in [-0.25, -0.2) is 9.61 Å². The molecular formula is C18H11IN8O5. The summed E-state index contributed by atoms with van der Waals surface area (Å²) in [5.74, 6) is 1.23. The van der Waals surface area contributed by atoms with E-state index in [0.29, 0.717) is 17.3 Å². The third-order valence-corrected chi connectivity index (χ3v) is 5.03. The van der Waals surface area contributed by atoms with E-state index < -0.39 is 4.92 Å². The van der Waals surface area contributed by atoms with E-state index in [0.717, 1.165) is 9.26 Å². The first-order valence-electron chi connectivity index (χ1n) is 8.97. The molecule has 0 saturated heterocycles. The van der Waals surface area contributed by atoms with Gasteiger partial charge in [-0.15, -0.1) is 0 Å². The van der Waals surface area contributed by atoms with Gasteiger partial charge < -0.3 is 14.8 Å². The number of hydrogen-bond acceptors (Lipinski definition) is 12. The minimum atomic E-state index is -0.528. The number of nitro groups is 1. The van der Waals surface area contributed by atoms with Crippen molar-refractivity contribution in [1.82, 2.24) is 20.3 Å². The number of benzene rings is 2. The van der Waals surface area contributed by atoms with E-state index in [-0.39, 0.29) is 35.2 Å². The van der Waals surface area contributed by atoms with Gasteiger partial charge in [-0.1, -0.05) is 0 Å². The van der Waals surface area contributed by atoms with Gasteiger partial charge in [0.2, 0.25) is 18.1 Å². The zero-order valence-corrected chi connectivity index (χ0v) is 18.0. The standard InChI is InChI=1S/C18H11IN8O5/c19-10-1-3-11(4-2-10)21-15-16(23-18-17(22-15)25-32-26-18)24-20-7-9-5-13-14(31-8-30-13)6-12(9)27(28)29/h1-7H,8H2,(H,21,22,25)(H,23,24,26). The van der Waals surface area contributed by atoms with Gasteiger partial charge in [-0.2, -0.15) is 10.1 Å². The normalized spacial score (nSPS) is 12.4. The molecule has 13 nitrogen and oxygen atoms in total. The van der Waals surface area contributed by atoms with Crippen LogP contribution in [0.15, 0.2) is 46.1 Å². The fourth-order valence-electron chi connectivity index (χ4n) is 2.84. The van der Waals surface area contributed by atoms with Crippen LogP contribution in [0, 0.1) is 13.7 Å². The second-order valence-electron chi connectivity index (χ2n) is 6.36. The molecule has 2 aromatic heterocycles. The summed E-state index contributed by atoms with van der Waals surface area (Å²) in [5, 5.41) is 26.0. The maximum atomic E-state index is 11.4. The number of hydrogen-bond donors (Lipinski definition) is 2. The molecule has 4 aromatic rings. The highest BCUT2D eigenvalue weighted by atomic mass is 127. The van der Waals surface area contributed by atoms with Crippen LogP contribution in [0.1, 0.15) is 5.56 Å². The zero-order chi connectivity index (χ0) is 22.1. The van der Waals surface area contributed by atoms with Gasteiger partial charge in [-0.05, 0) is 63.2 Å². The van der Waals surface area contributed by atoms with Crippen molar-refractivity contribution in [2.75, 3.05) is 17.5 Å². The average Bonchev–Trinajstić information content (AvgIpc) is 3.43. The second kappa shape index (κ2) is 8.22. The predicted octanol–water partition coefficient (Wildman–Crippen LogP) is 3.44. The van der Waals surface area contributed by atoms with E-state index in [4.69, 9.17) is 9.47 Å². The Morgan fingerprint density at radius 1 is 1.06 bits per heavy atom. The summed E-state index contributed by atoms with van der Waals surface area (Å²) in [6.45, 7) is 0.000239. The maximum absolute atomic E-state index is 11.4. The molecule has 0 saturated carbocycles. The Bertz CT molecular complexity index is 1360. The molecule has 0 atom stereocenters. The Balaban J connectivity index is 1.45. The van der Waals surface area contributed by atoms with Crippen molar-refractivity contribution in [2.45, 2.75) is 0 Å². The molecule has 1 aliphatic heterocycles. The van der Waals surface area contributed by atoms with Gasteiger partial charge in [0.25, 0.3) is 5.69 Å². The molecule has 0 spiro atoms. The fourth-order valence-corrected chi connectivity index (χ4v) is 3.20. The Hall–Kier alpha value is -4.08. The SMILES string of the molecule is O=[N+]([O-])c1cc2c(cc1C=NNc1nc3nonc3nc1Nc1ccc(I)cc1)OCO2. The largest absolute Gasteiger partial charge is 0.454 e. The van der Waals surface area contributed by atoms with Gasteiger partial charge in [-0.3, -0.25) is 15.5 Å². The van der Waals surface area contributed by atoms with E-state index in [1.165, 1.54) is 18.3 Å². The molecule has 1 aliphatic rings. The van der Waals surface area contributed by atoms with Gasteiger partial charge in [0.05, 0.1) is 22.8 Å². The van der Waals surface area contributed by atoms with Crippen molar-refractivity contribution >= 4 is 63.1 Å². The lowest BCUT2D eigenvalue weighted by atomic mass is 10.1. The van der Waals surface area contributed by atoms with Gasteiger partial charge in [0.1, 0.15) is 0 Å². The third-order valence-electron chi connectivity index (χ3n) is 4.31. The number of nitrogens with zero attached hydrogens (tertiary/aromatic N) is 6. The van der Waals surface area contributed by atoms with E-state index in [1.54, 1.807) is 0 Å². The smallest absolute Gasteiger partial charge is 0.282 e. The van der Waals surface area contributed by atoms with Crippen molar-refractivity contribution in [3.05, 3.63) is 55.6 Å². The van der Waals surface area contributed by atoms with Crippen LogP contribution in [0.2, 0.25) is 0 Å². The topological polar surface area (TPSA) is 163 Å². The lowest BCUT2D eigenvalue weighted by Crippen LogP contribution is -2.03. The Morgan fingerprint density at radius 2 is 1.75 bits per heavy atom. The van der Waals surface area contributed by atoms with Crippen molar-refractivity contribution < 1.29 is 19.0 Å². The molecule has 2 N–H and O–H groups in total. The number of rotatable bonds is 6. The molecule has 3 heterocycles. The first kappa shape index (κ1) is 19.9. The van der Waals surface area contributed by atoms with Crippen LogP contribution < -0.4 is 20.2 Å². The molecule has 2 aromatic carbocycles. The Morgan fingerprint density at radius 3 is 2.47 bits per heavy atom. The lowest BCUT2D eigenvalue weighted by molar-refractivity contribution is -0.385. The van der Waals surface area contributed by atoms with Crippen molar-refractivity contribution in [3.63, 3.8) is 0 Å². The Labute approximate surface area is 192 Å². The highest BCUT2D eigenvalue weighted by molar-refractivity contribution is 14.1. The van der Waals surface area contributed by atoms with Crippen molar-refractivity contribution in [2.24, 2.45) is 5.10 Å². The quantitative estimate of drug-likeness (QED) is 0.158. The van der Waals surface area contributed by atoms with E-state index >= 15 is 0 Å². The number of ether oxygens (including phenoxy) is 2. The molecule has 0 bridgehead atoms. The number of fused-ring (bicyclic) bond motifs is 2. The van der Waals surface area contributed by atoms with Crippen LogP contribution in [-0.4, -0.2) is 38.2 Å². The highest BCUT2D eigenvalue weighted by Crippen LogP contribution is 2.37. The summed E-state index contributed by atoms with van der Waals surface area (Å²) >= 11 is 2.20. The maximum Gasteiger partial charge on any atom is 0.282 e. The van der Waals surface area contributed by atoms with Crippen LogP contribution in [0.25, 0.3) is 11.3 Å². The molecule has 0 unspecified atom stereocenters. The third kappa shape index (κ3) is 3.94. The van der Waals surface area contributed by atoms with Gasteiger partial charge >= 0.3 is 0 Å². The van der Waals surface area contributed by atoms with Crippen molar-refractivity contribution in [3.8, 4) is 11.5 Å². The summed E-state index contributed by atoms with van der Waals surface area (Å²) in [6, 6.07) is 10.4. The number of anilines is 3. The molecule has 14 heteroatoms. The van der Waals surface area contributed by atoms with E-state index in [1.807, 2.05) is 24.3 Å². The predicted molar refractivity (Wildman–Crippen MR) is 120 cm³/mol. The van der Waals surface area contributed by atoms with Crippen molar-refractivity contribution in [1.29, 1.82) is 0 Å². The first-order valence-corrected chi connectivity index (χ1v) is 10.0. The monoisotopic (exact) mass is 546 g/mol. The van der Waals surface area contributed by atoms with Crippen LogP contribution in [-0.2, 0) is 0 Å². The van der Waals surface area contributed by atoms with Crippen LogP contribution in [0.4, 0.5) is 23.0 Å². The molecule has 0 radical (unpaired) electrons. The summed E-state index contributed by atoms with van der Waals surface area (Å²) in [7, 11) is 0. The molecule has 0 aliphatic carbocycles. The highest BCUT2D eigenvalue weighted by Gasteiger charge is 2.22. The lowest BCUT2D eigenvalue weighted by Gasteiger charge is -2.09. The molecule has 5 rings (SSSR count). The summed E-state index contributed by atoms with van der Waals surface area (Å²) in [6.07, 6.45) is 1.28. The molecule has 0 amide bonds. The summed E-state index contributed by atoms with van der Waals surface area (Å²) < 4.78 is 16.2. The molecular weight excluding hydrogens is 535 g/mol. The number of aromatic nitrogens is 4. The minimum absolute atomic E-state index is 0.000239. The summed E-state index contributed by atoms with van der Waals surface area (Å²) in [5.41, 5.74) is 3.91. The van der Waals surface area contributed by atoms with E-state index in [2.05, 4.69) is 63.3 Å². The number of nitro benzene ring substituents is 1. The zero-order valence-electron chi connectivity index (χ0n) is 15.9. The number of halogens is 1. The number of nitrogens with one attached hydrogen (secondary N) is 2. The summed E-state index contributed by atoms with van der Waals surface area (Å²) in [4.78, 5) is 19.5. The van der Waals surface area contributed by atoms with Crippen LogP contribution in [0.5, 0.6) is 11.5 Å². The average molecular weight is 546 g/mol. The first-order chi connectivity index (χ1) is 15.6. The Kier molecular flexibility index (Phi) is 5.10. The van der Waals surface area contributed by atoms with Gasteiger partial charge in [0, 0.05) is 9.26 Å². The van der Waals surface area contributed by atoms with Crippen LogP contribution in [0.3, 0.4) is 0 Å². The molecule has 160 valence electrons. The molecule has 0 fully saturated rings. The fraction of sp³-hybridized carbons (Fsp3) is 0.0556. The van der Waals surface area contributed by atoms with E-state index in [9.17, 15) is 10.1 Å². The van der Waals surface area contributed by atoms with Crippen LogP contribution >= 0.6 is 22.6 Å². The van der Waals surface area contributed by atoms with Gasteiger partial charge in [0.15, 0.2) is 23.1 Å².